The van der Waals surface area contributed by atoms with Gasteiger partial charge in [0.25, 0.3) is 0 Å². The molecule has 0 spiro atoms. The molecular formula is C11H13N3O3. The largest absolute Gasteiger partial charge is 0.481 e. The second-order valence-electron chi connectivity index (χ2n) is 4.68. The summed E-state index contributed by atoms with van der Waals surface area (Å²) in [5.41, 5.74) is -0.509. The zero-order chi connectivity index (χ0) is 12.6. The average Bonchev–Trinajstić information content (AvgIpc) is 2.83. The first-order valence-electron chi connectivity index (χ1n) is 5.25. The number of nitrogens with zero attached hydrogens (tertiary/aromatic N) is 2. The zero-order valence-electron chi connectivity index (χ0n) is 9.54. The second kappa shape index (κ2) is 3.80. The maximum Gasteiger partial charge on any atom is 0.307 e. The molecule has 1 aromatic rings. The van der Waals surface area contributed by atoms with Crippen LogP contribution in [0, 0.1) is 17.3 Å². The standard InChI is InChI=1S/C11H13N3O3/c1-11(2)6(7(11)9(16)17)8(15)14-10-12-4-3-5-13-10/h3-7H,1-2H3,(H,16,17)(H,12,13,14,15). The number of carboxylic acid groups (broad SMARTS) is 1. The predicted molar refractivity (Wildman–Crippen MR) is 59.1 cm³/mol. The molecule has 90 valence electrons. The third-order valence-electron chi connectivity index (χ3n) is 3.18. The topological polar surface area (TPSA) is 92.2 Å². The van der Waals surface area contributed by atoms with Crippen molar-refractivity contribution in [3.05, 3.63) is 18.5 Å². The van der Waals surface area contributed by atoms with Crippen LogP contribution in [0.5, 0.6) is 0 Å². The van der Waals surface area contributed by atoms with E-state index in [1.165, 1.54) is 12.4 Å². The number of hydrogen-bond acceptors (Lipinski definition) is 4. The second-order valence-corrected chi connectivity index (χ2v) is 4.68. The highest BCUT2D eigenvalue weighted by Gasteiger charge is 2.65. The van der Waals surface area contributed by atoms with Crippen molar-refractivity contribution in [1.82, 2.24) is 9.97 Å². The first-order valence-corrected chi connectivity index (χ1v) is 5.25. The Labute approximate surface area is 98.1 Å². The van der Waals surface area contributed by atoms with Gasteiger partial charge in [-0.3, -0.25) is 14.9 Å². The molecule has 1 heterocycles. The number of carbonyl (C=O) groups is 2. The van der Waals surface area contributed by atoms with Gasteiger partial charge in [0, 0.05) is 12.4 Å². The van der Waals surface area contributed by atoms with Crippen molar-refractivity contribution in [3.63, 3.8) is 0 Å². The van der Waals surface area contributed by atoms with Gasteiger partial charge in [0.2, 0.25) is 11.9 Å². The van der Waals surface area contributed by atoms with Gasteiger partial charge in [0.05, 0.1) is 11.8 Å². The number of amides is 1. The Morgan fingerprint density at radius 2 is 1.88 bits per heavy atom. The molecule has 1 amide bonds. The lowest BCUT2D eigenvalue weighted by atomic mass is 10.1. The van der Waals surface area contributed by atoms with E-state index in [0.717, 1.165) is 0 Å². The SMILES string of the molecule is CC1(C)C(C(=O)O)C1C(=O)Nc1ncccn1. The van der Waals surface area contributed by atoms with Gasteiger partial charge in [0.1, 0.15) is 0 Å². The normalized spacial score (nSPS) is 25.1. The van der Waals surface area contributed by atoms with E-state index in [-0.39, 0.29) is 11.9 Å². The summed E-state index contributed by atoms with van der Waals surface area (Å²) in [6.45, 7) is 3.53. The van der Waals surface area contributed by atoms with Crippen LogP contribution in [0.3, 0.4) is 0 Å². The van der Waals surface area contributed by atoms with E-state index in [1.807, 2.05) is 0 Å². The summed E-state index contributed by atoms with van der Waals surface area (Å²) >= 11 is 0. The Hall–Kier alpha value is -1.98. The number of aromatic nitrogens is 2. The van der Waals surface area contributed by atoms with Crippen LogP contribution in [-0.4, -0.2) is 27.0 Å². The third-order valence-corrected chi connectivity index (χ3v) is 3.18. The molecule has 6 heteroatoms. The first-order chi connectivity index (χ1) is 7.94. The van der Waals surface area contributed by atoms with Crippen molar-refractivity contribution in [2.45, 2.75) is 13.8 Å². The number of anilines is 1. The smallest absolute Gasteiger partial charge is 0.307 e. The van der Waals surface area contributed by atoms with Gasteiger partial charge >= 0.3 is 5.97 Å². The Balaban J connectivity index is 2.06. The summed E-state index contributed by atoms with van der Waals surface area (Å²) in [6.07, 6.45) is 3.02. The molecule has 0 aromatic carbocycles. The summed E-state index contributed by atoms with van der Waals surface area (Å²) in [4.78, 5) is 30.5. The van der Waals surface area contributed by atoms with Crippen molar-refractivity contribution in [2.75, 3.05) is 5.32 Å². The van der Waals surface area contributed by atoms with Gasteiger partial charge in [-0.1, -0.05) is 13.8 Å². The lowest BCUT2D eigenvalue weighted by Gasteiger charge is -2.03. The molecule has 2 N–H and O–H groups in total. The van der Waals surface area contributed by atoms with E-state index in [9.17, 15) is 9.59 Å². The average molecular weight is 235 g/mol. The molecule has 1 aliphatic rings. The van der Waals surface area contributed by atoms with E-state index < -0.39 is 23.2 Å². The molecule has 0 saturated heterocycles. The van der Waals surface area contributed by atoms with Crippen LogP contribution < -0.4 is 5.32 Å². The highest BCUT2D eigenvalue weighted by atomic mass is 16.4. The fourth-order valence-corrected chi connectivity index (χ4v) is 2.14. The molecule has 1 aliphatic carbocycles. The Bertz CT molecular complexity index is 458. The molecule has 0 aliphatic heterocycles. The van der Waals surface area contributed by atoms with Crippen molar-refractivity contribution in [1.29, 1.82) is 0 Å². The minimum absolute atomic E-state index is 0.198. The molecule has 6 nitrogen and oxygen atoms in total. The van der Waals surface area contributed by atoms with E-state index >= 15 is 0 Å². The summed E-state index contributed by atoms with van der Waals surface area (Å²) in [5, 5.41) is 11.5. The molecule has 2 rings (SSSR count). The Kier molecular flexibility index (Phi) is 2.57. The van der Waals surface area contributed by atoms with E-state index in [4.69, 9.17) is 5.11 Å². The van der Waals surface area contributed by atoms with Gasteiger partial charge in [0.15, 0.2) is 0 Å². The number of aliphatic carboxylic acids is 1. The molecule has 1 aromatic heterocycles. The van der Waals surface area contributed by atoms with Gasteiger partial charge in [-0.2, -0.15) is 0 Å². The van der Waals surface area contributed by atoms with Crippen LogP contribution in [0.1, 0.15) is 13.8 Å². The van der Waals surface area contributed by atoms with Crippen LogP contribution in [-0.2, 0) is 9.59 Å². The summed E-state index contributed by atoms with van der Waals surface area (Å²) in [6, 6.07) is 1.64. The molecule has 1 saturated carbocycles. The van der Waals surface area contributed by atoms with E-state index in [1.54, 1.807) is 19.9 Å². The summed E-state index contributed by atoms with van der Waals surface area (Å²) < 4.78 is 0. The van der Waals surface area contributed by atoms with Gasteiger partial charge in [-0.25, -0.2) is 9.97 Å². The number of carbonyl (C=O) groups excluding carboxylic acids is 1. The van der Waals surface area contributed by atoms with Crippen LogP contribution >= 0.6 is 0 Å². The Morgan fingerprint density at radius 1 is 1.29 bits per heavy atom. The number of rotatable bonds is 3. The number of carboxylic acids is 1. The summed E-state index contributed by atoms with van der Waals surface area (Å²) in [7, 11) is 0. The Morgan fingerprint density at radius 3 is 2.35 bits per heavy atom. The van der Waals surface area contributed by atoms with Crippen molar-refractivity contribution >= 4 is 17.8 Å². The maximum atomic E-state index is 11.9. The molecule has 2 unspecified atom stereocenters. The van der Waals surface area contributed by atoms with Gasteiger partial charge in [-0.15, -0.1) is 0 Å². The van der Waals surface area contributed by atoms with Gasteiger partial charge in [-0.05, 0) is 11.5 Å². The van der Waals surface area contributed by atoms with Gasteiger partial charge < -0.3 is 5.11 Å². The van der Waals surface area contributed by atoms with Crippen LogP contribution in [0.15, 0.2) is 18.5 Å². The fourth-order valence-electron chi connectivity index (χ4n) is 2.14. The molecule has 17 heavy (non-hydrogen) atoms. The highest BCUT2D eigenvalue weighted by Crippen LogP contribution is 2.58. The quantitative estimate of drug-likeness (QED) is 0.807. The number of nitrogens with one attached hydrogen (secondary N) is 1. The number of hydrogen-bond donors (Lipinski definition) is 2. The molecule has 2 atom stereocenters. The van der Waals surface area contributed by atoms with Crippen LogP contribution in [0.25, 0.3) is 0 Å². The summed E-state index contributed by atoms with van der Waals surface area (Å²) in [5.74, 6) is -2.24. The van der Waals surface area contributed by atoms with Crippen LogP contribution in [0.2, 0.25) is 0 Å². The lowest BCUT2D eigenvalue weighted by Crippen LogP contribution is -2.19. The molecule has 0 radical (unpaired) electrons. The first kappa shape index (κ1) is 11.5. The van der Waals surface area contributed by atoms with E-state index in [2.05, 4.69) is 15.3 Å². The minimum atomic E-state index is -0.941. The molecular weight excluding hydrogens is 222 g/mol. The fraction of sp³-hybridized carbons (Fsp3) is 0.455. The minimum Gasteiger partial charge on any atom is -0.481 e. The zero-order valence-corrected chi connectivity index (χ0v) is 9.54. The highest BCUT2D eigenvalue weighted by molar-refractivity contribution is 5.98. The van der Waals surface area contributed by atoms with Crippen molar-refractivity contribution < 1.29 is 14.7 Å². The van der Waals surface area contributed by atoms with Crippen molar-refractivity contribution in [3.8, 4) is 0 Å². The molecule has 0 bridgehead atoms. The van der Waals surface area contributed by atoms with Crippen LogP contribution in [0.4, 0.5) is 5.95 Å². The van der Waals surface area contributed by atoms with E-state index in [0.29, 0.717) is 0 Å². The molecule has 1 fully saturated rings. The monoisotopic (exact) mass is 235 g/mol. The lowest BCUT2D eigenvalue weighted by molar-refractivity contribution is -0.140. The van der Waals surface area contributed by atoms with Crippen molar-refractivity contribution in [2.24, 2.45) is 17.3 Å². The maximum absolute atomic E-state index is 11.9. The third kappa shape index (κ3) is 1.98. The predicted octanol–water partition coefficient (Wildman–Crippen LogP) is 0.772.